The lowest BCUT2D eigenvalue weighted by Gasteiger charge is -2.09. The summed E-state index contributed by atoms with van der Waals surface area (Å²) in [6, 6.07) is 3.91. The fourth-order valence-electron chi connectivity index (χ4n) is 0.944. The van der Waals surface area contributed by atoms with Crippen LogP contribution in [0.1, 0.15) is 0 Å². The SMILES string of the molecule is OB(O)c1ccc(Cl)c(OCC(F)F)c1. The van der Waals surface area contributed by atoms with E-state index in [2.05, 4.69) is 4.74 Å². The van der Waals surface area contributed by atoms with Crippen molar-refractivity contribution >= 4 is 24.2 Å². The van der Waals surface area contributed by atoms with Gasteiger partial charge in [-0.05, 0) is 17.6 Å². The lowest BCUT2D eigenvalue weighted by atomic mass is 9.80. The number of rotatable bonds is 4. The molecule has 0 saturated heterocycles. The maximum Gasteiger partial charge on any atom is 0.488 e. The van der Waals surface area contributed by atoms with Crippen LogP contribution in [0.3, 0.4) is 0 Å². The average Bonchev–Trinajstić information content (AvgIpc) is 2.16. The minimum absolute atomic E-state index is 0.00238. The molecule has 1 rings (SSSR count). The highest BCUT2D eigenvalue weighted by atomic mass is 35.5. The Bertz CT molecular complexity index is 336. The minimum Gasteiger partial charge on any atom is -0.486 e. The van der Waals surface area contributed by atoms with Gasteiger partial charge >= 0.3 is 7.12 Å². The molecule has 0 aliphatic heterocycles. The Labute approximate surface area is 90.4 Å². The molecule has 0 aliphatic carbocycles. The summed E-state index contributed by atoms with van der Waals surface area (Å²) in [6.45, 7) is -0.787. The molecule has 82 valence electrons. The van der Waals surface area contributed by atoms with Gasteiger partial charge in [-0.25, -0.2) is 8.78 Å². The molecular formula is C8H8BClF2O3. The van der Waals surface area contributed by atoms with Crippen molar-refractivity contribution < 1.29 is 23.6 Å². The molecule has 0 spiro atoms. The van der Waals surface area contributed by atoms with Crippen LogP contribution < -0.4 is 10.2 Å². The number of benzene rings is 1. The van der Waals surface area contributed by atoms with Gasteiger partial charge in [0.2, 0.25) is 0 Å². The van der Waals surface area contributed by atoms with Gasteiger partial charge in [0, 0.05) is 0 Å². The van der Waals surface area contributed by atoms with Crippen LogP contribution in [0.5, 0.6) is 5.75 Å². The molecule has 1 aromatic rings. The lowest BCUT2D eigenvalue weighted by molar-refractivity contribution is 0.0820. The zero-order valence-corrected chi connectivity index (χ0v) is 8.29. The van der Waals surface area contributed by atoms with Crippen LogP contribution in [0.15, 0.2) is 18.2 Å². The van der Waals surface area contributed by atoms with E-state index in [-0.39, 0.29) is 16.2 Å². The standard InChI is InChI=1S/C8H8BClF2O3/c10-6-2-1-5(9(13)14)3-7(6)15-4-8(11)12/h1-3,8,13-14H,4H2. The molecule has 0 radical (unpaired) electrons. The van der Waals surface area contributed by atoms with Gasteiger partial charge in [-0.1, -0.05) is 17.7 Å². The highest BCUT2D eigenvalue weighted by Crippen LogP contribution is 2.22. The number of alkyl halides is 2. The highest BCUT2D eigenvalue weighted by Gasteiger charge is 2.14. The van der Waals surface area contributed by atoms with Crippen molar-refractivity contribution in [3.63, 3.8) is 0 Å². The topological polar surface area (TPSA) is 49.7 Å². The summed E-state index contributed by atoms with van der Waals surface area (Å²) in [7, 11) is -1.68. The van der Waals surface area contributed by atoms with Gasteiger partial charge in [0.25, 0.3) is 6.43 Å². The normalized spacial score (nSPS) is 10.5. The number of ether oxygens (including phenoxy) is 1. The first kappa shape index (κ1) is 12.2. The van der Waals surface area contributed by atoms with Crippen molar-refractivity contribution in [3.8, 4) is 5.75 Å². The molecule has 0 heterocycles. The first-order valence-electron chi connectivity index (χ1n) is 4.07. The predicted molar refractivity (Wildman–Crippen MR) is 52.8 cm³/mol. The molecule has 7 heteroatoms. The Morgan fingerprint density at radius 2 is 2.07 bits per heavy atom. The molecule has 0 aromatic heterocycles. The molecule has 0 saturated carbocycles. The Morgan fingerprint density at radius 3 is 2.60 bits per heavy atom. The monoisotopic (exact) mass is 236 g/mol. The van der Waals surface area contributed by atoms with E-state index >= 15 is 0 Å². The molecule has 0 aliphatic rings. The molecule has 0 fully saturated rings. The van der Waals surface area contributed by atoms with Gasteiger partial charge in [0.1, 0.15) is 12.4 Å². The van der Waals surface area contributed by atoms with Gasteiger partial charge < -0.3 is 14.8 Å². The summed E-state index contributed by atoms with van der Waals surface area (Å²) in [6.07, 6.45) is -2.61. The molecule has 0 bridgehead atoms. The van der Waals surface area contributed by atoms with Crippen molar-refractivity contribution in [1.82, 2.24) is 0 Å². The van der Waals surface area contributed by atoms with E-state index in [1.807, 2.05) is 0 Å². The maximum absolute atomic E-state index is 11.8. The van der Waals surface area contributed by atoms with Gasteiger partial charge in [-0.2, -0.15) is 0 Å². The van der Waals surface area contributed by atoms with Crippen LogP contribution in [-0.2, 0) is 0 Å². The first-order valence-corrected chi connectivity index (χ1v) is 4.45. The van der Waals surface area contributed by atoms with E-state index in [9.17, 15) is 8.78 Å². The van der Waals surface area contributed by atoms with E-state index in [4.69, 9.17) is 21.6 Å². The predicted octanol–water partition coefficient (Wildman–Crippen LogP) is 0.664. The maximum atomic E-state index is 11.8. The molecule has 0 amide bonds. The third-order valence-corrected chi connectivity index (χ3v) is 1.93. The van der Waals surface area contributed by atoms with Gasteiger partial charge in [0.15, 0.2) is 0 Å². The van der Waals surface area contributed by atoms with E-state index in [1.54, 1.807) is 0 Å². The smallest absolute Gasteiger partial charge is 0.486 e. The van der Waals surface area contributed by atoms with Crippen LogP contribution in [-0.4, -0.2) is 30.2 Å². The Balaban J connectivity index is 2.81. The molecule has 15 heavy (non-hydrogen) atoms. The summed E-state index contributed by atoms with van der Waals surface area (Å²) in [5.74, 6) is 0.00238. The quantitative estimate of drug-likeness (QED) is 0.755. The van der Waals surface area contributed by atoms with E-state index in [1.165, 1.54) is 18.2 Å². The van der Waals surface area contributed by atoms with Crippen LogP contribution in [0.4, 0.5) is 8.78 Å². The van der Waals surface area contributed by atoms with Gasteiger partial charge in [0.05, 0.1) is 5.02 Å². The Kier molecular flexibility index (Phi) is 4.32. The highest BCUT2D eigenvalue weighted by molar-refractivity contribution is 6.58. The zero-order chi connectivity index (χ0) is 11.4. The van der Waals surface area contributed by atoms with Crippen molar-refractivity contribution in [1.29, 1.82) is 0 Å². The largest absolute Gasteiger partial charge is 0.488 e. The molecule has 0 atom stereocenters. The van der Waals surface area contributed by atoms with Crippen molar-refractivity contribution in [3.05, 3.63) is 23.2 Å². The molecular weight excluding hydrogens is 228 g/mol. The summed E-state index contributed by atoms with van der Waals surface area (Å²) in [5, 5.41) is 17.8. The number of halogens is 3. The third-order valence-electron chi connectivity index (χ3n) is 1.62. The average molecular weight is 236 g/mol. The van der Waals surface area contributed by atoms with Crippen molar-refractivity contribution in [2.45, 2.75) is 6.43 Å². The third kappa shape index (κ3) is 3.66. The summed E-state index contributed by atoms with van der Waals surface area (Å²) in [5.41, 5.74) is 0.128. The van der Waals surface area contributed by atoms with Crippen LogP contribution in [0, 0.1) is 0 Å². The Morgan fingerprint density at radius 1 is 1.40 bits per heavy atom. The number of hydrogen-bond donors (Lipinski definition) is 2. The second kappa shape index (κ2) is 5.30. The summed E-state index contributed by atoms with van der Waals surface area (Å²) in [4.78, 5) is 0. The fourth-order valence-corrected chi connectivity index (χ4v) is 1.12. The van der Waals surface area contributed by atoms with Crippen LogP contribution in [0.2, 0.25) is 5.02 Å². The molecule has 0 unspecified atom stereocenters. The molecule has 2 N–H and O–H groups in total. The van der Waals surface area contributed by atoms with E-state index in [0.717, 1.165) is 0 Å². The van der Waals surface area contributed by atoms with Crippen molar-refractivity contribution in [2.75, 3.05) is 6.61 Å². The fraction of sp³-hybridized carbons (Fsp3) is 0.250. The number of hydrogen-bond acceptors (Lipinski definition) is 3. The second-order valence-corrected chi connectivity index (χ2v) is 3.17. The zero-order valence-electron chi connectivity index (χ0n) is 7.53. The summed E-state index contributed by atoms with van der Waals surface area (Å²) < 4.78 is 28.4. The molecule has 1 aromatic carbocycles. The van der Waals surface area contributed by atoms with E-state index < -0.39 is 20.2 Å². The van der Waals surface area contributed by atoms with Gasteiger partial charge in [-0.3, -0.25) is 0 Å². The van der Waals surface area contributed by atoms with E-state index in [0.29, 0.717) is 0 Å². The van der Waals surface area contributed by atoms with Crippen molar-refractivity contribution in [2.24, 2.45) is 0 Å². The molecule has 3 nitrogen and oxygen atoms in total. The van der Waals surface area contributed by atoms with Gasteiger partial charge in [-0.15, -0.1) is 0 Å². The van der Waals surface area contributed by atoms with Crippen LogP contribution >= 0.6 is 11.6 Å². The Hall–Kier alpha value is -0.845. The minimum atomic E-state index is -2.61. The second-order valence-electron chi connectivity index (χ2n) is 2.77. The first-order chi connectivity index (χ1) is 7.00. The lowest BCUT2D eigenvalue weighted by Crippen LogP contribution is -2.29. The summed E-state index contributed by atoms with van der Waals surface area (Å²) >= 11 is 5.65. The van der Waals surface area contributed by atoms with Crippen LogP contribution in [0.25, 0.3) is 0 Å².